The van der Waals surface area contributed by atoms with Crippen LogP contribution in [0.5, 0.6) is 0 Å². The van der Waals surface area contributed by atoms with Gasteiger partial charge in [0.25, 0.3) is 5.95 Å². The van der Waals surface area contributed by atoms with Crippen molar-refractivity contribution in [1.82, 2.24) is 29.8 Å². The minimum Gasteiger partial charge on any atom is -0.387 e. The molecule has 2 aliphatic carbocycles. The molecule has 1 aromatic carbocycles. The maximum absolute atomic E-state index is 10.6. The van der Waals surface area contributed by atoms with Gasteiger partial charge in [-0.1, -0.05) is 55.4 Å². The molecule has 2 aliphatic rings. The number of benzene rings is 1. The van der Waals surface area contributed by atoms with Gasteiger partial charge in [-0.15, -0.1) is 5.10 Å². The van der Waals surface area contributed by atoms with Gasteiger partial charge in [-0.05, 0) is 29.9 Å². The zero-order valence-electron chi connectivity index (χ0n) is 17.2. The molecule has 0 bridgehead atoms. The van der Waals surface area contributed by atoms with Crippen molar-refractivity contribution in [2.75, 3.05) is 0 Å². The highest BCUT2D eigenvalue weighted by Gasteiger charge is 2.50. The summed E-state index contributed by atoms with van der Waals surface area (Å²) in [5.74, 6) is 1.42. The second-order valence-corrected chi connectivity index (χ2v) is 8.45. The number of aliphatic hydroxyl groups excluding tert-OH is 1. The molecule has 8 nitrogen and oxygen atoms in total. The molecule has 0 fully saturated rings. The van der Waals surface area contributed by atoms with Crippen LogP contribution < -0.4 is 0 Å². The largest absolute Gasteiger partial charge is 0.387 e. The van der Waals surface area contributed by atoms with Gasteiger partial charge in [0.05, 0.1) is 36.2 Å². The fourth-order valence-electron chi connectivity index (χ4n) is 5.24. The van der Waals surface area contributed by atoms with E-state index in [2.05, 4.69) is 28.4 Å². The standard InChI is InChI=1S/C22H23N7O/c1-13-16-9-10-17-19(22(16,2)11-15(12-23)18(13)30)24-20(14-7-5-4-6-8-14)29(17)21-25-27-28(3)26-21/h4-8,11,13,16,18,30H,9-10H2,1-3H3/t13-,16-,18?,22-/m1/s1. The van der Waals surface area contributed by atoms with Gasteiger partial charge < -0.3 is 5.11 Å². The molecular formula is C22H23N7O. The molecule has 1 unspecified atom stereocenters. The lowest BCUT2D eigenvalue weighted by molar-refractivity contribution is 0.0668. The van der Waals surface area contributed by atoms with E-state index in [-0.39, 0.29) is 11.8 Å². The van der Waals surface area contributed by atoms with Gasteiger partial charge in [0.1, 0.15) is 5.82 Å². The van der Waals surface area contributed by atoms with Crippen LogP contribution in [0.25, 0.3) is 17.3 Å². The van der Waals surface area contributed by atoms with E-state index in [1.165, 1.54) is 4.80 Å². The van der Waals surface area contributed by atoms with Crippen molar-refractivity contribution in [2.24, 2.45) is 18.9 Å². The molecule has 0 radical (unpaired) electrons. The number of imidazole rings is 1. The van der Waals surface area contributed by atoms with Crippen LogP contribution in [0.15, 0.2) is 42.0 Å². The average molecular weight is 401 g/mol. The lowest BCUT2D eigenvalue weighted by Gasteiger charge is -2.46. The van der Waals surface area contributed by atoms with E-state index >= 15 is 0 Å². The van der Waals surface area contributed by atoms with Crippen molar-refractivity contribution in [2.45, 2.75) is 38.2 Å². The van der Waals surface area contributed by atoms with Crippen LogP contribution in [0.4, 0.5) is 0 Å². The molecule has 0 saturated carbocycles. The van der Waals surface area contributed by atoms with Crippen molar-refractivity contribution in [1.29, 1.82) is 5.26 Å². The van der Waals surface area contributed by atoms with E-state index in [9.17, 15) is 10.4 Å². The highest BCUT2D eigenvalue weighted by atomic mass is 16.3. The van der Waals surface area contributed by atoms with Gasteiger partial charge in [0.15, 0.2) is 0 Å². The average Bonchev–Trinajstić information content (AvgIpc) is 3.35. The maximum Gasteiger partial charge on any atom is 0.276 e. The molecule has 0 amide bonds. The first kappa shape index (κ1) is 18.7. The molecule has 152 valence electrons. The van der Waals surface area contributed by atoms with Crippen LogP contribution in [0.2, 0.25) is 0 Å². The molecule has 30 heavy (non-hydrogen) atoms. The van der Waals surface area contributed by atoms with Crippen LogP contribution in [-0.2, 0) is 18.9 Å². The van der Waals surface area contributed by atoms with Crippen molar-refractivity contribution in [3.05, 3.63) is 53.4 Å². The molecule has 0 spiro atoms. The Bertz CT molecular complexity index is 1190. The number of tetrazole rings is 1. The number of hydrogen-bond acceptors (Lipinski definition) is 6. The Morgan fingerprint density at radius 3 is 2.70 bits per heavy atom. The van der Waals surface area contributed by atoms with E-state index in [0.717, 1.165) is 35.6 Å². The Balaban J connectivity index is 1.79. The van der Waals surface area contributed by atoms with Crippen molar-refractivity contribution < 1.29 is 5.11 Å². The quantitative estimate of drug-likeness (QED) is 0.707. The molecule has 4 atom stereocenters. The maximum atomic E-state index is 10.6. The van der Waals surface area contributed by atoms with Crippen LogP contribution >= 0.6 is 0 Å². The lowest BCUT2D eigenvalue weighted by Crippen LogP contribution is -2.47. The first-order valence-electron chi connectivity index (χ1n) is 10.2. The van der Waals surface area contributed by atoms with E-state index in [0.29, 0.717) is 11.5 Å². The summed E-state index contributed by atoms with van der Waals surface area (Å²) in [5, 5.41) is 32.9. The third-order valence-electron chi connectivity index (χ3n) is 6.71. The number of nitriles is 1. The number of aromatic nitrogens is 6. The number of nitrogens with zero attached hydrogens (tertiary/aromatic N) is 7. The van der Waals surface area contributed by atoms with Crippen LogP contribution in [0, 0.1) is 23.2 Å². The lowest BCUT2D eigenvalue weighted by atomic mass is 9.58. The summed E-state index contributed by atoms with van der Waals surface area (Å²) in [6, 6.07) is 12.2. The van der Waals surface area contributed by atoms with Crippen molar-refractivity contribution in [3.63, 3.8) is 0 Å². The smallest absolute Gasteiger partial charge is 0.276 e. The van der Waals surface area contributed by atoms with Crippen LogP contribution in [-0.4, -0.2) is 41.0 Å². The Labute approximate surface area is 174 Å². The second-order valence-electron chi connectivity index (χ2n) is 8.45. The molecule has 8 heteroatoms. The molecule has 2 aromatic heterocycles. The molecule has 5 rings (SSSR count). The van der Waals surface area contributed by atoms with Crippen molar-refractivity contribution in [3.8, 4) is 23.4 Å². The highest BCUT2D eigenvalue weighted by Crippen LogP contribution is 2.51. The topological polar surface area (TPSA) is 105 Å². The zero-order valence-corrected chi connectivity index (χ0v) is 17.2. The second kappa shape index (κ2) is 6.61. The Hall–Kier alpha value is -3.31. The van der Waals surface area contributed by atoms with Gasteiger partial charge in [-0.2, -0.15) is 10.1 Å². The third kappa shape index (κ3) is 2.55. The van der Waals surface area contributed by atoms with E-state index in [1.807, 2.05) is 47.9 Å². The summed E-state index contributed by atoms with van der Waals surface area (Å²) in [6.07, 6.45) is 2.88. The van der Waals surface area contributed by atoms with Gasteiger partial charge in [-0.3, -0.25) is 4.57 Å². The molecule has 2 heterocycles. The Kier molecular flexibility index (Phi) is 4.12. The number of hydrogen-bond donors (Lipinski definition) is 1. The monoisotopic (exact) mass is 401 g/mol. The van der Waals surface area contributed by atoms with Crippen LogP contribution in [0.3, 0.4) is 0 Å². The summed E-state index contributed by atoms with van der Waals surface area (Å²) in [7, 11) is 1.74. The minimum atomic E-state index is -0.730. The van der Waals surface area contributed by atoms with Gasteiger partial charge in [-0.25, -0.2) is 4.98 Å². The van der Waals surface area contributed by atoms with E-state index in [1.54, 1.807) is 7.05 Å². The Morgan fingerprint density at radius 2 is 2.03 bits per heavy atom. The van der Waals surface area contributed by atoms with Gasteiger partial charge in [0.2, 0.25) is 0 Å². The first-order chi connectivity index (χ1) is 14.4. The number of allylic oxidation sites excluding steroid dienone is 1. The molecule has 1 N–H and O–H groups in total. The molecule has 0 aliphatic heterocycles. The highest BCUT2D eigenvalue weighted by molar-refractivity contribution is 5.61. The number of aryl methyl sites for hydroxylation is 1. The predicted molar refractivity (Wildman–Crippen MR) is 109 cm³/mol. The predicted octanol–water partition coefficient (Wildman–Crippen LogP) is 2.34. The summed E-state index contributed by atoms with van der Waals surface area (Å²) in [6.45, 7) is 4.16. The van der Waals surface area contributed by atoms with Gasteiger partial charge >= 0.3 is 0 Å². The number of rotatable bonds is 2. The normalized spacial score (nSPS) is 27.7. The fraction of sp³-hybridized carbons (Fsp3) is 0.409. The van der Waals surface area contributed by atoms with Crippen molar-refractivity contribution >= 4 is 0 Å². The Morgan fingerprint density at radius 1 is 1.27 bits per heavy atom. The SMILES string of the molecule is C[C@H]1C(O)C(C#N)=C[C@@]2(C)c3nc(-c4ccccc4)n(-c4nnn(C)n4)c3CC[C@H]12. The summed E-state index contributed by atoms with van der Waals surface area (Å²) >= 11 is 0. The molecule has 0 saturated heterocycles. The number of aliphatic hydroxyl groups is 1. The van der Waals surface area contributed by atoms with Crippen LogP contribution in [0.1, 0.15) is 31.7 Å². The first-order valence-corrected chi connectivity index (χ1v) is 10.2. The van der Waals surface area contributed by atoms with E-state index < -0.39 is 11.5 Å². The molecule has 3 aromatic rings. The summed E-state index contributed by atoms with van der Waals surface area (Å²) < 4.78 is 1.99. The van der Waals surface area contributed by atoms with Gasteiger partial charge in [0, 0.05) is 11.0 Å². The zero-order chi connectivity index (χ0) is 21.0. The van der Waals surface area contributed by atoms with E-state index in [4.69, 9.17) is 4.98 Å². The minimum absolute atomic E-state index is 0.0252. The summed E-state index contributed by atoms with van der Waals surface area (Å²) in [5.41, 5.74) is 2.90. The number of fused-ring (bicyclic) bond motifs is 3. The molecular weight excluding hydrogens is 378 g/mol. The fourth-order valence-corrected chi connectivity index (χ4v) is 5.24. The third-order valence-corrected chi connectivity index (χ3v) is 6.71. The summed E-state index contributed by atoms with van der Waals surface area (Å²) in [4.78, 5) is 6.54.